The number of rotatable bonds is 1. The molecule has 1 aromatic heterocycles. The summed E-state index contributed by atoms with van der Waals surface area (Å²) in [5, 5.41) is 0. The van der Waals surface area contributed by atoms with Crippen molar-refractivity contribution in [2.24, 2.45) is 0 Å². The molecule has 0 saturated heterocycles. The fourth-order valence-electron chi connectivity index (χ4n) is 0.551. The van der Waals surface area contributed by atoms with Crippen LogP contribution in [0, 0.1) is 6.07 Å². The molecule has 0 aromatic carbocycles. The molecule has 1 heterocycles. The van der Waals surface area contributed by atoms with E-state index in [9.17, 15) is 0 Å². The van der Waals surface area contributed by atoms with Gasteiger partial charge in [0, 0.05) is 18.6 Å². The van der Waals surface area contributed by atoms with E-state index in [1.165, 1.54) is 5.56 Å². The molecule has 0 amide bonds. The van der Waals surface area contributed by atoms with Crippen molar-refractivity contribution in [2.75, 3.05) is 0 Å². The van der Waals surface area contributed by atoms with Crippen molar-refractivity contribution in [1.82, 2.24) is 4.98 Å². The first-order chi connectivity index (χ1) is 3.93. The van der Waals surface area contributed by atoms with Crippen LogP contribution in [0.2, 0.25) is 0 Å². The Bertz CT molecular complexity index is 150. The van der Waals surface area contributed by atoms with E-state index in [0.717, 1.165) is 6.42 Å². The molecular weight excluding hydrogens is 149 g/mol. The predicted molar refractivity (Wildman–Crippen MR) is 32.5 cm³/mol. The standard InChI is InChI=1S/C7H8N.V/c1-2-7-4-3-5-8-6-7;/h3,5-6H,2H2,1H3;/q-1;. The molecule has 0 aliphatic carbocycles. The zero-order valence-corrected chi connectivity index (χ0v) is 6.73. The quantitative estimate of drug-likeness (QED) is 0.562. The monoisotopic (exact) mass is 157 g/mol. The summed E-state index contributed by atoms with van der Waals surface area (Å²) >= 11 is 0. The summed E-state index contributed by atoms with van der Waals surface area (Å²) in [6, 6.07) is 4.89. The SMILES string of the molecule is CCc1[c-]ccnc1.[V]. The van der Waals surface area contributed by atoms with Crippen LogP contribution in [0.4, 0.5) is 0 Å². The van der Waals surface area contributed by atoms with E-state index < -0.39 is 0 Å². The Balaban J connectivity index is 0.000000640. The van der Waals surface area contributed by atoms with Crippen molar-refractivity contribution in [3.8, 4) is 0 Å². The summed E-state index contributed by atoms with van der Waals surface area (Å²) in [6.45, 7) is 2.09. The van der Waals surface area contributed by atoms with Gasteiger partial charge in [0.25, 0.3) is 0 Å². The molecule has 0 unspecified atom stereocenters. The minimum atomic E-state index is 0. The van der Waals surface area contributed by atoms with Crippen LogP contribution in [-0.2, 0) is 25.0 Å². The number of pyridine rings is 1. The minimum absolute atomic E-state index is 0. The smallest absolute Gasteiger partial charge is 0 e. The number of nitrogens with zero attached hydrogens (tertiary/aromatic N) is 1. The molecule has 47 valence electrons. The molecule has 9 heavy (non-hydrogen) atoms. The Morgan fingerprint density at radius 1 is 1.67 bits per heavy atom. The second-order valence-corrected chi connectivity index (χ2v) is 1.62. The van der Waals surface area contributed by atoms with Crippen LogP contribution >= 0.6 is 0 Å². The molecule has 2 heteroatoms. The number of hydrogen-bond acceptors (Lipinski definition) is 1. The van der Waals surface area contributed by atoms with Gasteiger partial charge in [-0.25, -0.2) is 0 Å². The summed E-state index contributed by atoms with van der Waals surface area (Å²) in [7, 11) is 0. The van der Waals surface area contributed by atoms with Crippen LogP contribution in [0.25, 0.3) is 0 Å². The van der Waals surface area contributed by atoms with Crippen LogP contribution in [0.5, 0.6) is 0 Å². The Hall–Kier alpha value is -0.266. The van der Waals surface area contributed by atoms with Gasteiger partial charge in [-0.1, -0.05) is 25.7 Å². The van der Waals surface area contributed by atoms with Crippen molar-refractivity contribution in [2.45, 2.75) is 13.3 Å². The number of aryl methyl sites for hydroxylation is 1. The third-order valence-electron chi connectivity index (χ3n) is 1.04. The predicted octanol–water partition coefficient (Wildman–Crippen LogP) is 1.44. The van der Waals surface area contributed by atoms with Crippen molar-refractivity contribution >= 4 is 0 Å². The maximum Gasteiger partial charge on any atom is 0 e. The number of hydrogen-bond donors (Lipinski definition) is 0. The van der Waals surface area contributed by atoms with Crippen molar-refractivity contribution in [3.05, 3.63) is 30.1 Å². The molecular formula is C7H8NV-. The summed E-state index contributed by atoms with van der Waals surface area (Å²) in [6.07, 6.45) is 4.59. The van der Waals surface area contributed by atoms with Gasteiger partial charge in [-0.3, -0.25) is 0 Å². The fourth-order valence-corrected chi connectivity index (χ4v) is 0.551. The maximum absolute atomic E-state index is 3.92. The molecule has 0 fully saturated rings. The van der Waals surface area contributed by atoms with Gasteiger partial charge in [0.1, 0.15) is 0 Å². The van der Waals surface area contributed by atoms with Crippen molar-refractivity contribution in [1.29, 1.82) is 0 Å². The van der Waals surface area contributed by atoms with Gasteiger partial charge in [-0.15, -0.1) is 5.56 Å². The van der Waals surface area contributed by atoms with Crippen molar-refractivity contribution < 1.29 is 18.6 Å². The first-order valence-corrected chi connectivity index (χ1v) is 2.74. The summed E-state index contributed by atoms with van der Waals surface area (Å²) in [4.78, 5) is 3.92. The van der Waals surface area contributed by atoms with E-state index in [1.54, 1.807) is 6.20 Å². The van der Waals surface area contributed by atoms with Crippen LogP contribution < -0.4 is 0 Å². The van der Waals surface area contributed by atoms with Gasteiger partial charge in [0.15, 0.2) is 0 Å². The van der Waals surface area contributed by atoms with Crippen LogP contribution in [0.1, 0.15) is 12.5 Å². The average Bonchev–Trinajstić information content (AvgIpc) is 1.90. The van der Waals surface area contributed by atoms with Crippen LogP contribution in [0.15, 0.2) is 18.5 Å². The molecule has 0 atom stereocenters. The van der Waals surface area contributed by atoms with E-state index in [-0.39, 0.29) is 18.6 Å². The van der Waals surface area contributed by atoms with Gasteiger partial charge >= 0.3 is 0 Å². The van der Waals surface area contributed by atoms with Gasteiger partial charge < -0.3 is 4.98 Å². The third kappa shape index (κ3) is 2.68. The average molecular weight is 157 g/mol. The second kappa shape index (κ2) is 4.60. The topological polar surface area (TPSA) is 12.9 Å². The molecule has 0 aliphatic rings. The molecule has 1 radical (unpaired) electrons. The van der Waals surface area contributed by atoms with Crippen LogP contribution in [-0.4, -0.2) is 4.98 Å². The molecule has 1 aromatic rings. The zero-order valence-electron chi connectivity index (χ0n) is 5.33. The van der Waals surface area contributed by atoms with Crippen LogP contribution in [0.3, 0.4) is 0 Å². The van der Waals surface area contributed by atoms with Gasteiger partial charge in [0.05, 0.1) is 0 Å². The van der Waals surface area contributed by atoms with E-state index in [0.29, 0.717) is 0 Å². The van der Waals surface area contributed by atoms with Crippen molar-refractivity contribution in [3.63, 3.8) is 0 Å². The molecule has 0 aliphatic heterocycles. The molecule has 0 bridgehead atoms. The Morgan fingerprint density at radius 3 is 2.78 bits per heavy atom. The molecule has 1 rings (SSSR count). The van der Waals surface area contributed by atoms with Gasteiger partial charge in [-0.2, -0.15) is 12.1 Å². The largest absolute Gasteiger partial charge is 0.391 e. The normalized spacial score (nSPS) is 8.11. The van der Waals surface area contributed by atoms with E-state index in [4.69, 9.17) is 0 Å². The zero-order chi connectivity index (χ0) is 5.82. The summed E-state index contributed by atoms with van der Waals surface area (Å²) < 4.78 is 0. The molecule has 0 N–H and O–H groups in total. The molecule has 1 nitrogen and oxygen atoms in total. The Labute approximate surface area is 67.4 Å². The Morgan fingerprint density at radius 2 is 2.44 bits per heavy atom. The van der Waals surface area contributed by atoms with E-state index >= 15 is 0 Å². The first kappa shape index (κ1) is 8.73. The fraction of sp³-hybridized carbons (Fsp3) is 0.286. The molecule has 0 spiro atoms. The van der Waals surface area contributed by atoms with E-state index in [1.807, 2.05) is 12.3 Å². The summed E-state index contributed by atoms with van der Waals surface area (Å²) in [5.41, 5.74) is 1.17. The maximum atomic E-state index is 3.92. The van der Waals surface area contributed by atoms with Gasteiger partial charge in [0.2, 0.25) is 0 Å². The van der Waals surface area contributed by atoms with E-state index in [2.05, 4.69) is 18.0 Å². The number of aromatic nitrogens is 1. The summed E-state index contributed by atoms with van der Waals surface area (Å²) in [5.74, 6) is 0. The first-order valence-electron chi connectivity index (χ1n) is 2.74. The van der Waals surface area contributed by atoms with Gasteiger partial charge in [-0.05, 0) is 0 Å². The Kier molecular flexibility index (Phi) is 4.46. The molecule has 0 saturated carbocycles. The second-order valence-electron chi connectivity index (χ2n) is 1.62. The minimum Gasteiger partial charge on any atom is -0.391 e. The third-order valence-corrected chi connectivity index (χ3v) is 1.04.